The normalized spacial score (nSPS) is 10.1. The van der Waals surface area contributed by atoms with E-state index in [0.29, 0.717) is 17.1 Å². The summed E-state index contributed by atoms with van der Waals surface area (Å²) in [4.78, 5) is 19.4. The maximum Gasteiger partial charge on any atom is 0.212 e. The summed E-state index contributed by atoms with van der Waals surface area (Å²) >= 11 is 0. The Balaban J connectivity index is 2.31. The Morgan fingerprint density at radius 2 is 2.11 bits per heavy atom. The monoisotopic (exact) mass is 253 g/mol. The smallest absolute Gasteiger partial charge is 0.212 e. The van der Waals surface area contributed by atoms with Gasteiger partial charge in [-0.15, -0.1) is 0 Å². The lowest BCUT2D eigenvalue weighted by Gasteiger charge is -1.98. The number of carbonyl (C=O) groups is 1. The van der Waals surface area contributed by atoms with Gasteiger partial charge >= 0.3 is 0 Å². The fourth-order valence-corrected chi connectivity index (χ4v) is 1.86. The second kappa shape index (κ2) is 5.96. The highest BCUT2D eigenvalue weighted by molar-refractivity contribution is 6.08. The molecule has 0 bridgehead atoms. The molecule has 2 aromatic rings. The van der Waals surface area contributed by atoms with Crippen LogP contribution in [-0.2, 0) is 6.42 Å². The molecule has 0 aliphatic rings. The predicted octanol–water partition coefficient (Wildman–Crippen LogP) is 2.85. The Morgan fingerprint density at radius 1 is 1.37 bits per heavy atom. The minimum Gasteiger partial charge on any atom is -0.338 e. The molecule has 1 aromatic heterocycles. The number of aromatic amines is 1. The van der Waals surface area contributed by atoms with Crippen LogP contribution in [0.2, 0.25) is 0 Å². The number of nitrogens with one attached hydrogen (secondary N) is 1. The second-order valence-corrected chi connectivity index (χ2v) is 4.32. The van der Waals surface area contributed by atoms with Gasteiger partial charge in [0.25, 0.3) is 0 Å². The zero-order valence-corrected chi connectivity index (χ0v) is 10.8. The van der Waals surface area contributed by atoms with E-state index in [1.807, 2.05) is 12.1 Å². The van der Waals surface area contributed by atoms with Gasteiger partial charge in [0.2, 0.25) is 5.78 Å². The Bertz CT molecular complexity index is 608. The molecular formula is C15H15N3O. The topological polar surface area (TPSA) is 69.5 Å². The van der Waals surface area contributed by atoms with Gasteiger partial charge in [-0.3, -0.25) is 4.79 Å². The van der Waals surface area contributed by atoms with Crippen LogP contribution in [0.5, 0.6) is 0 Å². The first-order chi connectivity index (χ1) is 9.26. The molecule has 96 valence electrons. The maximum atomic E-state index is 12.3. The van der Waals surface area contributed by atoms with Crippen molar-refractivity contribution in [2.75, 3.05) is 0 Å². The number of hydrogen-bond acceptors (Lipinski definition) is 3. The van der Waals surface area contributed by atoms with E-state index in [0.717, 1.165) is 19.3 Å². The summed E-state index contributed by atoms with van der Waals surface area (Å²) < 4.78 is 0. The number of aryl methyl sites for hydroxylation is 1. The number of aromatic nitrogens is 2. The molecule has 1 aromatic carbocycles. The number of rotatable bonds is 5. The molecule has 19 heavy (non-hydrogen) atoms. The third-order valence-electron chi connectivity index (χ3n) is 2.89. The third-order valence-corrected chi connectivity index (χ3v) is 2.89. The van der Waals surface area contributed by atoms with E-state index in [1.165, 1.54) is 0 Å². The van der Waals surface area contributed by atoms with Gasteiger partial charge in [-0.1, -0.05) is 43.7 Å². The van der Waals surface area contributed by atoms with Crippen LogP contribution in [0.4, 0.5) is 0 Å². The minimum absolute atomic E-state index is 0.181. The zero-order chi connectivity index (χ0) is 13.7. The molecule has 1 N–H and O–H groups in total. The van der Waals surface area contributed by atoms with Crippen LogP contribution < -0.4 is 0 Å². The second-order valence-electron chi connectivity index (χ2n) is 4.32. The first kappa shape index (κ1) is 13.0. The quantitative estimate of drug-likeness (QED) is 0.833. The van der Waals surface area contributed by atoms with Crippen molar-refractivity contribution in [3.8, 4) is 6.07 Å². The van der Waals surface area contributed by atoms with Crippen molar-refractivity contribution < 1.29 is 4.79 Å². The number of carbonyl (C=O) groups excluding carboxylic acids is 1. The average molecular weight is 253 g/mol. The summed E-state index contributed by atoms with van der Waals surface area (Å²) in [7, 11) is 0. The van der Waals surface area contributed by atoms with Crippen molar-refractivity contribution in [1.29, 1.82) is 5.26 Å². The summed E-state index contributed by atoms with van der Waals surface area (Å²) in [6, 6.07) is 10.9. The molecular weight excluding hydrogens is 238 g/mol. The molecule has 0 amide bonds. The van der Waals surface area contributed by atoms with E-state index in [1.54, 1.807) is 24.3 Å². The molecule has 0 saturated heterocycles. The Morgan fingerprint density at radius 3 is 2.74 bits per heavy atom. The van der Waals surface area contributed by atoms with E-state index in [9.17, 15) is 4.79 Å². The van der Waals surface area contributed by atoms with Crippen molar-refractivity contribution in [2.45, 2.75) is 26.2 Å². The van der Waals surface area contributed by atoms with Crippen molar-refractivity contribution in [3.05, 3.63) is 53.1 Å². The van der Waals surface area contributed by atoms with Gasteiger partial charge in [-0.05, 0) is 6.42 Å². The van der Waals surface area contributed by atoms with E-state index >= 15 is 0 Å². The van der Waals surface area contributed by atoms with Gasteiger partial charge in [0.15, 0.2) is 5.69 Å². The van der Waals surface area contributed by atoms with Crippen LogP contribution in [0.15, 0.2) is 30.3 Å². The van der Waals surface area contributed by atoms with Crippen LogP contribution in [0.25, 0.3) is 0 Å². The number of hydrogen-bond donors (Lipinski definition) is 1. The van der Waals surface area contributed by atoms with Gasteiger partial charge in [0.1, 0.15) is 17.6 Å². The van der Waals surface area contributed by atoms with Gasteiger partial charge in [-0.25, -0.2) is 4.98 Å². The van der Waals surface area contributed by atoms with E-state index in [-0.39, 0.29) is 11.5 Å². The molecule has 1 heterocycles. The van der Waals surface area contributed by atoms with E-state index in [4.69, 9.17) is 5.26 Å². The zero-order valence-electron chi connectivity index (χ0n) is 10.8. The highest BCUT2D eigenvalue weighted by atomic mass is 16.1. The molecule has 0 unspecified atom stereocenters. The number of nitriles is 1. The molecule has 4 nitrogen and oxygen atoms in total. The summed E-state index contributed by atoms with van der Waals surface area (Å²) in [5.41, 5.74) is 1.03. The SMILES string of the molecule is CCCCc1nc(C#N)c(C(=O)c2ccccc2)[nH]1. The predicted molar refractivity (Wildman–Crippen MR) is 71.8 cm³/mol. The largest absolute Gasteiger partial charge is 0.338 e. The molecule has 0 spiro atoms. The Hall–Kier alpha value is -2.41. The van der Waals surface area contributed by atoms with Crippen LogP contribution in [0.3, 0.4) is 0 Å². The number of ketones is 1. The number of unbranched alkanes of at least 4 members (excludes halogenated alkanes) is 1. The molecule has 0 saturated carbocycles. The van der Waals surface area contributed by atoms with Crippen LogP contribution >= 0.6 is 0 Å². The summed E-state index contributed by atoms with van der Waals surface area (Å²) in [5.74, 6) is 0.519. The molecule has 4 heteroatoms. The van der Waals surface area contributed by atoms with Gasteiger partial charge in [-0.2, -0.15) is 5.26 Å². The number of benzene rings is 1. The molecule has 0 aliphatic carbocycles. The van der Waals surface area contributed by atoms with E-state index in [2.05, 4.69) is 16.9 Å². The van der Waals surface area contributed by atoms with Crippen molar-refractivity contribution in [3.63, 3.8) is 0 Å². The maximum absolute atomic E-state index is 12.3. The molecule has 0 aliphatic heterocycles. The molecule has 2 rings (SSSR count). The molecule has 0 radical (unpaired) electrons. The highest BCUT2D eigenvalue weighted by Gasteiger charge is 2.18. The van der Waals surface area contributed by atoms with Gasteiger partial charge in [0.05, 0.1) is 0 Å². The van der Waals surface area contributed by atoms with Crippen LogP contribution in [0.1, 0.15) is 47.3 Å². The van der Waals surface area contributed by atoms with Crippen molar-refractivity contribution in [1.82, 2.24) is 9.97 Å². The molecule has 0 fully saturated rings. The van der Waals surface area contributed by atoms with Crippen molar-refractivity contribution >= 4 is 5.78 Å². The first-order valence-corrected chi connectivity index (χ1v) is 6.35. The lowest BCUT2D eigenvalue weighted by Crippen LogP contribution is -2.04. The fraction of sp³-hybridized carbons (Fsp3) is 0.267. The van der Waals surface area contributed by atoms with Gasteiger partial charge < -0.3 is 4.98 Å². The summed E-state index contributed by atoms with van der Waals surface area (Å²) in [5, 5.41) is 9.07. The average Bonchev–Trinajstić information content (AvgIpc) is 2.88. The first-order valence-electron chi connectivity index (χ1n) is 6.35. The van der Waals surface area contributed by atoms with Gasteiger partial charge in [0, 0.05) is 12.0 Å². The molecule has 0 atom stereocenters. The van der Waals surface area contributed by atoms with E-state index < -0.39 is 0 Å². The number of nitrogens with zero attached hydrogens (tertiary/aromatic N) is 2. The standard InChI is InChI=1S/C15H15N3O/c1-2-3-9-13-17-12(10-16)14(18-13)15(19)11-7-5-4-6-8-11/h4-8H,2-3,9H2,1H3,(H,17,18). The van der Waals surface area contributed by atoms with Crippen LogP contribution in [0, 0.1) is 11.3 Å². The number of imidazole rings is 1. The highest BCUT2D eigenvalue weighted by Crippen LogP contribution is 2.13. The van der Waals surface area contributed by atoms with Crippen molar-refractivity contribution in [2.24, 2.45) is 0 Å². The summed E-state index contributed by atoms with van der Waals surface area (Å²) in [6.45, 7) is 2.09. The fourth-order valence-electron chi connectivity index (χ4n) is 1.86. The Kier molecular flexibility index (Phi) is 4.09. The third kappa shape index (κ3) is 2.89. The minimum atomic E-state index is -0.188. The lowest BCUT2D eigenvalue weighted by atomic mass is 10.1. The summed E-state index contributed by atoms with van der Waals surface area (Å²) in [6.07, 6.45) is 2.79. The Labute approximate surface area is 112 Å². The number of H-pyrrole nitrogens is 1. The lowest BCUT2D eigenvalue weighted by molar-refractivity contribution is 0.103. The van der Waals surface area contributed by atoms with Crippen LogP contribution in [-0.4, -0.2) is 15.8 Å².